The SMILES string of the molecule is CC1(c2cn[nH]n2)CCCCCC1. The Hall–Kier alpha value is -0.860. The number of rotatable bonds is 1. The summed E-state index contributed by atoms with van der Waals surface area (Å²) < 4.78 is 0. The van der Waals surface area contributed by atoms with Crippen LogP contribution in [0.3, 0.4) is 0 Å². The van der Waals surface area contributed by atoms with Gasteiger partial charge in [-0.2, -0.15) is 15.4 Å². The first-order chi connectivity index (χ1) is 6.31. The Balaban J connectivity index is 2.17. The lowest BCUT2D eigenvalue weighted by Crippen LogP contribution is -2.21. The van der Waals surface area contributed by atoms with Crippen molar-refractivity contribution in [2.24, 2.45) is 0 Å². The van der Waals surface area contributed by atoms with Gasteiger partial charge in [-0.1, -0.05) is 32.6 Å². The molecular weight excluding hydrogens is 162 g/mol. The highest BCUT2D eigenvalue weighted by Gasteiger charge is 2.29. The molecule has 0 atom stereocenters. The number of hydrogen-bond donors (Lipinski definition) is 1. The summed E-state index contributed by atoms with van der Waals surface area (Å²) in [5, 5.41) is 10.8. The highest BCUT2D eigenvalue weighted by atomic mass is 15.3. The molecule has 0 unspecified atom stereocenters. The van der Waals surface area contributed by atoms with Crippen LogP contribution in [0.4, 0.5) is 0 Å². The molecule has 3 heteroatoms. The maximum atomic E-state index is 4.22. The molecule has 0 aromatic carbocycles. The average Bonchev–Trinajstić information content (AvgIpc) is 2.57. The Morgan fingerprint density at radius 1 is 1.23 bits per heavy atom. The number of nitrogens with zero attached hydrogens (tertiary/aromatic N) is 2. The molecule has 0 radical (unpaired) electrons. The van der Waals surface area contributed by atoms with Crippen molar-refractivity contribution in [2.45, 2.75) is 50.9 Å². The number of H-pyrrole nitrogens is 1. The monoisotopic (exact) mass is 179 g/mol. The number of nitrogens with one attached hydrogen (secondary N) is 1. The summed E-state index contributed by atoms with van der Waals surface area (Å²) in [5.41, 5.74) is 1.43. The minimum Gasteiger partial charge on any atom is -0.198 e. The fourth-order valence-corrected chi connectivity index (χ4v) is 2.26. The minimum absolute atomic E-state index is 0.281. The lowest BCUT2D eigenvalue weighted by Gasteiger charge is -2.24. The normalized spacial score (nSPS) is 22.5. The zero-order valence-corrected chi connectivity index (χ0v) is 8.21. The zero-order valence-electron chi connectivity index (χ0n) is 8.21. The standard InChI is InChI=1S/C10H17N3/c1-10(9-8-11-13-12-9)6-4-2-3-5-7-10/h8H,2-7H2,1H3,(H,11,12,13). The van der Waals surface area contributed by atoms with Crippen LogP contribution < -0.4 is 0 Å². The highest BCUT2D eigenvalue weighted by molar-refractivity contribution is 5.10. The number of aromatic amines is 1. The number of hydrogen-bond acceptors (Lipinski definition) is 2. The molecular formula is C10H17N3. The van der Waals surface area contributed by atoms with E-state index in [0.717, 1.165) is 5.69 Å². The molecule has 1 aliphatic rings. The van der Waals surface area contributed by atoms with Crippen molar-refractivity contribution in [3.05, 3.63) is 11.9 Å². The van der Waals surface area contributed by atoms with Gasteiger partial charge in [-0.25, -0.2) is 0 Å². The molecule has 1 heterocycles. The molecule has 3 nitrogen and oxygen atoms in total. The molecule has 72 valence electrons. The van der Waals surface area contributed by atoms with E-state index < -0.39 is 0 Å². The van der Waals surface area contributed by atoms with E-state index in [0.29, 0.717) is 0 Å². The first-order valence-electron chi connectivity index (χ1n) is 5.17. The Labute approximate surface area is 78.9 Å². The smallest absolute Gasteiger partial charge is 0.0883 e. The van der Waals surface area contributed by atoms with Gasteiger partial charge < -0.3 is 0 Å². The molecule has 2 rings (SSSR count). The third-order valence-corrected chi connectivity index (χ3v) is 3.24. The van der Waals surface area contributed by atoms with E-state index in [1.165, 1.54) is 38.5 Å². The van der Waals surface area contributed by atoms with Gasteiger partial charge in [0, 0.05) is 5.41 Å². The number of aromatic nitrogens is 3. The minimum atomic E-state index is 0.281. The molecule has 0 spiro atoms. The van der Waals surface area contributed by atoms with Gasteiger partial charge in [0.2, 0.25) is 0 Å². The van der Waals surface area contributed by atoms with E-state index in [9.17, 15) is 0 Å². The summed E-state index contributed by atoms with van der Waals surface area (Å²) in [4.78, 5) is 0. The highest BCUT2D eigenvalue weighted by Crippen LogP contribution is 2.36. The van der Waals surface area contributed by atoms with Crippen molar-refractivity contribution in [3.8, 4) is 0 Å². The van der Waals surface area contributed by atoms with Gasteiger partial charge in [-0.15, -0.1) is 0 Å². The Morgan fingerprint density at radius 3 is 2.46 bits per heavy atom. The van der Waals surface area contributed by atoms with Crippen LogP contribution in [0.2, 0.25) is 0 Å². The third kappa shape index (κ3) is 1.74. The summed E-state index contributed by atoms with van der Waals surface area (Å²) >= 11 is 0. The van der Waals surface area contributed by atoms with Crippen molar-refractivity contribution >= 4 is 0 Å². The molecule has 0 bridgehead atoms. The van der Waals surface area contributed by atoms with Crippen LogP contribution in [0.1, 0.15) is 51.1 Å². The molecule has 13 heavy (non-hydrogen) atoms. The maximum Gasteiger partial charge on any atom is 0.0883 e. The average molecular weight is 179 g/mol. The lowest BCUT2D eigenvalue weighted by atomic mass is 9.80. The Bertz CT molecular complexity index is 245. The molecule has 1 saturated carbocycles. The molecule has 1 fully saturated rings. The van der Waals surface area contributed by atoms with Gasteiger partial charge >= 0.3 is 0 Å². The molecule has 0 saturated heterocycles. The van der Waals surface area contributed by atoms with Gasteiger partial charge in [-0.3, -0.25) is 0 Å². The van der Waals surface area contributed by atoms with Gasteiger partial charge in [-0.05, 0) is 12.8 Å². The van der Waals surface area contributed by atoms with Gasteiger partial charge in [0.15, 0.2) is 0 Å². The van der Waals surface area contributed by atoms with Gasteiger partial charge in [0.05, 0.1) is 11.9 Å². The lowest BCUT2D eigenvalue weighted by molar-refractivity contribution is 0.397. The van der Waals surface area contributed by atoms with Crippen molar-refractivity contribution in [1.29, 1.82) is 0 Å². The Morgan fingerprint density at radius 2 is 1.92 bits per heavy atom. The predicted molar refractivity (Wildman–Crippen MR) is 51.4 cm³/mol. The van der Waals surface area contributed by atoms with Crippen LogP contribution in [0.25, 0.3) is 0 Å². The summed E-state index contributed by atoms with van der Waals surface area (Å²) in [5.74, 6) is 0. The van der Waals surface area contributed by atoms with Crippen molar-refractivity contribution in [2.75, 3.05) is 0 Å². The van der Waals surface area contributed by atoms with E-state index in [2.05, 4.69) is 22.3 Å². The second kappa shape index (κ2) is 3.48. The molecule has 1 aliphatic carbocycles. The summed E-state index contributed by atoms with van der Waals surface area (Å²) in [7, 11) is 0. The molecule has 0 amide bonds. The topological polar surface area (TPSA) is 41.6 Å². The summed E-state index contributed by atoms with van der Waals surface area (Å²) in [6, 6.07) is 0. The van der Waals surface area contributed by atoms with Crippen LogP contribution >= 0.6 is 0 Å². The predicted octanol–water partition coefficient (Wildman–Crippen LogP) is 2.42. The Kier molecular flexibility index (Phi) is 2.34. The second-order valence-corrected chi connectivity index (χ2v) is 4.33. The van der Waals surface area contributed by atoms with Crippen LogP contribution in [0.15, 0.2) is 6.20 Å². The molecule has 1 N–H and O–H groups in total. The van der Waals surface area contributed by atoms with Crippen molar-refractivity contribution in [1.82, 2.24) is 15.4 Å². The first kappa shape index (κ1) is 8.73. The second-order valence-electron chi connectivity index (χ2n) is 4.33. The van der Waals surface area contributed by atoms with Crippen molar-refractivity contribution < 1.29 is 0 Å². The maximum absolute atomic E-state index is 4.22. The first-order valence-corrected chi connectivity index (χ1v) is 5.17. The molecule has 1 aromatic heterocycles. The quantitative estimate of drug-likeness (QED) is 0.673. The zero-order chi connectivity index (χ0) is 9.15. The van der Waals surface area contributed by atoms with E-state index in [1.54, 1.807) is 0 Å². The molecule has 0 aliphatic heterocycles. The van der Waals surface area contributed by atoms with Crippen LogP contribution in [-0.4, -0.2) is 15.4 Å². The van der Waals surface area contributed by atoms with Crippen LogP contribution in [0.5, 0.6) is 0 Å². The third-order valence-electron chi connectivity index (χ3n) is 3.24. The van der Waals surface area contributed by atoms with Crippen molar-refractivity contribution in [3.63, 3.8) is 0 Å². The summed E-state index contributed by atoms with van der Waals surface area (Å²) in [6.45, 7) is 2.32. The van der Waals surface area contributed by atoms with Crippen LogP contribution in [-0.2, 0) is 5.41 Å². The van der Waals surface area contributed by atoms with E-state index in [-0.39, 0.29) is 5.41 Å². The summed E-state index contributed by atoms with van der Waals surface area (Å²) in [6.07, 6.45) is 9.85. The van der Waals surface area contributed by atoms with E-state index >= 15 is 0 Å². The fraction of sp³-hybridized carbons (Fsp3) is 0.800. The van der Waals surface area contributed by atoms with Crippen LogP contribution in [0, 0.1) is 0 Å². The van der Waals surface area contributed by atoms with Gasteiger partial charge in [0.1, 0.15) is 0 Å². The fourth-order valence-electron chi connectivity index (χ4n) is 2.26. The van der Waals surface area contributed by atoms with E-state index in [4.69, 9.17) is 0 Å². The molecule has 1 aromatic rings. The van der Waals surface area contributed by atoms with E-state index in [1.807, 2.05) is 6.20 Å². The largest absolute Gasteiger partial charge is 0.198 e. The van der Waals surface area contributed by atoms with Gasteiger partial charge in [0.25, 0.3) is 0 Å².